The van der Waals surface area contributed by atoms with Crippen LogP contribution in [0.5, 0.6) is 0 Å². The Bertz CT molecular complexity index is 759. The number of rotatable bonds is 6. The van der Waals surface area contributed by atoms with Crippen LogP contribution in [0.25, 0.3) is 0 Å². The molecule has 1 N–H and O–H groups in total. The molecule has 0 aromatic heterocycles. The van der Waals surface area contributed by atoms with Crippen LogP contribution in [0.3, 0.4) is 0 Å². The highest BCUT2D eigenvalue weighted by molar-refractivity contribution is 5.94. The molecule has 2 rings (SSSR count). The van der Waals surface area contributed by atoms with Gasteiger partial charge < -0.3 is 5.32 Å². The minimum Gasteiger partial charge on any atom is -0.325 e. The van der Waals surface area contributed by atoms with Gasteiger partial charge in [0.05, 0.1) is 17.7 Å². The number of hydrogen-bond acceptors (Lipinski definition) is 3. The highest BCUT2D eigenvalue weighted by Crippen LogP contribution is 2.16. The quantitative estimate of drug-likeness (QED) is 0.863. The fourth-order valence-electron chi connectivity index (χ4n) is 2.55. The number of benzene rings is 2. The van der Waals surface area contributed by atoms with E-state index in [0.29, 0.717) is 23.7 Å². The minimum absolute atomic E-state index is 0.0867. The normalized spacial score (nSPS) is 12.0. The fraction of sp³-hybridized carbons (Fsp3) is 0.333. The first-order valence-electron chi connectivity index (χ1n) is 8.51. The number of nitrogens with one attached hydrogen (secondary N) is 1. The van der Waals surface area contributed by atoms with Gasteiger partial charge in [0.25, 0.3) is 0 Å². The molecule has 0 aliphatic carbocycles. The van der Waals surface area contributed by atoms with Crippen LogP contribution >= 0.6 is 0 Å². The molecule has 0 fully saturated rings. The van der Waals surface area contributed by atoms with E-state index < -0.39 is 0 Å². The molecule has 1 amide bonds. The van der Waals surface area contributed by atoms with Crippen LogP contribution in [0, 0.1) is 11.3 Å². The highest BCUT2D eigenvalue weighted by atomic mass is 16.2. The SMILES string of the molecule is CC(C)c1ccc(CN(C)[C@@H](C)C(=O)Nc2cccc(C#N)c2)cc1. The third-order valence-electron chi connectivity index (χ3n) is 4.38. The van der Waals surface area contributed by atoms with Crippen molar-refractivity contribution in [2.24, 2.45) is 0 Å². The van der Waals surface area contributed by atoms with E-state index in [1.165, 1.54) is 11.1 Å². The molecule has 4 heteroatoms. The molecule has 4 nitrogen and oxygen atoms in total. The molecule has 0 radical (unpaired) electrons. The predicted octanol–water partition coefficient (Wildman–Crippen LogP) is 4.14. The van der Waals surface area contributed by atoms with Gasteiger partial charge in [-0.1, -0.05) is 44.2 Å². The number of carbonyl (C=O) groups is 1. The van der Waals surface area contributed by atoms with E-state index >= 15 is 0 Å². The Morgan fingerprint density at radius 3 is 2.44 bits per heavy atom. The molecule has 130 valence electrons. The van der Waals surface area contributed by atoms with Crippen LogP contribution in [-0.4, -0.2) is 23.9 Å². The summed E-state index contributed by atoms with van der Waals surface area (Å²) in [4.78, 5) is 14.5. The molecular formula is C21H25N3O. The van der Waals surface area contributed by atoms with Crippen LogP contribution in [-0.2, 0) is 11.3 Å². The Labute approximate surface area is 150 Å². The summed E-state index contributed by atoms with van der Waals surface area (Å²) in [6, 6.07) is 17.3. The van der Waals surface area contributed by atoms with Crippen molar-refractivity contribution in [1.29, 1.82) is 5.26 Å². The van der Waals surface area contributed by atoms with Crippen molar-refractivity contribution in [3.63, 3.8) is 0 Å². The first-order valence-corrected chi connectivity index (χ1v) is 8.51. The second-order valence-electron chi connectivity index (χ2n) is 6.67. The van der Waals surface area contributed by atoms with Gasteiger partial charge in [0.1, 0.15) is 0 Å². The van der Waals surface area contributed by atoms with Crippen molar-refractivity contribution in [2.45, 2.75) is 39.3 Å². The molecule has 25 heavy (non-hydrogen) atoms. The minimum atomic E-state index is -0.282. The Hall–Kier alpha value is -2.64. The average molecular weight is 335 g/mol. The lowest BCUT2D eigenvalue weighted by atomic mass is 10.0. The van der Waals surface area contributed by atoms with E-state index in [4.69, 9.17) is 5.26 Å². The van der Waals surface area contributed by atoms with Crippen molar-refractivity contribution in [3.8, 4) is 6.07 Å². The van der Waals surface area contributed by atoms with Crippen LogP contribution in [0.2, 0.25) is 0 Å². The van der Waals surface area contributed by atoms with Gasteiger partial charge in [-0.25, -0.2) is 0 Å². The van der Waals surface area contributed by atoms with Gasteiger partial charge >= 0.3 is 0 Å². The van der Waals surface area contributed by atoms with Crippen LogP contribution in [0.1, 0.15) is 43.4 Å². The molecule has 0 aliphatic rings. The number of hydrogen-bond donors (Lipinski definition) is 1. The number of amides is 1. The molecule has 1 atom stereocenters. The third kappa shape index (κ3) is 5.17. The summed E-state index contributed by atoms with van der Waals surface area (Å²) in [7, 11) is 1.94. The number of likely N-dealkylation sites (N-methyl/N-ethyl adjacent to an activating group) is 1. The van der Waals surface area contributed by atoms with Gasteiger partial charge in [0, 0.05) is 12.2 Å². The Balaban J connectivity index is 1.97. The first-order chi connectivity index (χ1) is 11.9. The Kier molecular flexibility index (Phi) is 6.32. The lowest BCUT2D eigenvalue weighted by Gasteiger charge is -2.24. The van der Waals surface area contributed by atoms with Crippen molar-refractivity contribution in [1.82, 2.24) is 4.90 Å². The number of nitriles is 1. The summed E-state index contributed by atoms with van der Waals surface area (Å²) in [5.74, 6) is 0.428. The van der Waals surface area contributed by atoms with Crippen LogP contribution in [0.4, 0.5) is 5.69 Å². The molecule has 0 unspecified atom stereocenters. The van der Waals surface area contributed by atoms with E-state index in [1.807, 2.05) is 18.9 Å². The lowest BCUT2D eigenvalue weighted by Crippen LogP contribution is -2.39. The third-order valence-corrected chi connectivity index (χ3v) is 4.38. The second kappa shape index (κ2) is 8.46. The van der Waals surface area contributed by atoms with Crippen LogP contribution < -0.4 is 5.32 Å². The van der Waals surface area contributed by atoms with Gasteiger partial charge in [0.15, 0.2) is 0 Å². The summed E-state index contributed by atoms with van der Waals surface area (Å²) >= 11 is 0. The molecule has 0 heterocycles. The van der Waals surface area contributed by atoms with E-state index in [9.17, 15) is 4.79 Å². The predicted molar refractivity (Wildman–Crippen MR) is 101 cm³/mol. The zero-order valence-electron chi connectivity index (χ0n) is 15.3. The van der Waals surface area contributed by atoms with Gasteiger partial charge in [-0.3, -0.25) is 9.69 Å². The first kappa shape index (κ1) is 18.7. The van der Waals surface area contributed by atoms with Gasteiger partial charge in [-0.2, -0.15) is 5.26 Å². The molecule has 2 aromatic carbocycles. The average Bonchev–Trinajstić information content (AvgIpc) is 2.61. The summed E-state index contributed by atoms with van der Waals surface area (Å²) in [6.45, 7) is 6.93. The molecule has 0 saturated heterocycles. The zero-order valence-corrected chi connectivity index (χ0v) is 15.3. The number of carbonyl (C=O) groups excluding carboxylic acids is 1. The highest BCUT2D eigenvalue weighted by Gasteiger charge is 2.18. The van der Waals surface area contributed by atoms with E-state index in [-0.39, 0.29) is 11.9 Å². The summed E-state index contributed by atoms with van der Waals surface area (Å²) < 4.78 is 0. The molecule has 0 spiro atoms. The molecular weight excluding hydrogens is 310 g/mol. The number of nitrogens with zero attached hydrogens (tertiary/aromatic N) is 2. The van der Waals surface area contributed by atoms with Crippen LogP contribution in [0.15, 0.2) is 48.5 Å². The van der Waals surface area contributed by atoms with E-state index in [0.717, 1.165) is 0 Å². The molecule has 2 aromatic rings. The van der Waals surface area contributed by atoms with Gasteiger partial charge in [0.2, 0.25) is 5.91 Å². The maximum Gasteiger partial charge on any atom is 0.241 e. The van der Waals surface area contributed by atoms with Crippen molar-refractivity contribution < 1.29 is 4.79 Å². The van der Waals surface area contributed by atoms with Gasteiger partial charge in [-0.05, 0) is 49.2 Å². The smallest absolute Gasteiger partial charge is 0.241 e. The summed E-state index contributed by atoms with van der Waals surface area (Å²) in [6.07, 6.45) is 0. The lowest BCUT2D eigenvalue weighted by molar-refractivity contribution is -0.120. The molecule has 0 bridgehead atoms. The number of anilines is 1. The summed E-state index contributed by atoms with van der Waals surface area (Å²) in [5.41, 5.74) is 3.67. The molecule has 0 aliphatic heterocycles. The Morgan fingerprint density at radius 2 is 1.84 bits per heavy atom. The van der Waals surface area contributed by atoms with Gasteiger partial charge in [-0.15, -0.1) is 0 Å². The fourth-order valence-corrected chi connectivity index (χ4v) is 2.55. The second-order valence-corrected chi connectivity index (χ2v) is 6.67. The van der Waals surface area contributed by atoms with Crippen molar-refractivity contribution in [3.05, 3.63) is 65.2 Å². The van der Waals surface area contributed by atoms with Crippen molar-refractivity contribution >= 4 is 11.6 Å². The van der Waals surface area contributed by atoms with Crippen molar-refractivity contribution in [2.75, 3.05) is 12.4 Å². The largest absolute Gasteiger partial charge is 0.325 e. The monoisotopic (exact) mass is 335 g/mol. The van der Waals surface area contributed by atoms with E-state index in [1.54, 1.807) is 24.3 Å². The Morgan fingerprint density at radius 1 is 1.16 bits per heavy atom. The summed E-state index contributed by atoms with van der Waals surface area (Å²) in [5, 5.41) is 11.8. The standard InChI is InChI=1S/C21H25N3O/c1-15(2)19-10-8-17(9-11-19)14-24(4)16(3)21(25)23-20-7-5-6-18(12-20)13-22/h5-12,15-16H,14H2,1-4H3,(H,23,25)/t16-/m0/s1. The topological polar surface area (TPSA) is 56.1 Å². The maximum absolute atomic E-state index is 12.5. The van der Waals surface area contributed by atoms with E-state index in [2.05, 4.69) is 49.5 Å². The maximum atomic E-state index is 12.5. The zero-order chi connectivity index (χ0) is 18.4. The molecule has 0 saturated carbocycles.